The minimum Gasteiger partial charge on any atom is -0.337 e. The first-order valence-electron chi connectivity index (χ1n) is 9.35. The SMILES string of the molecule is CC(C)c1ccc(/C=C(\C(=O)N2CCCCC2)n2ccccc2=O)cc1. The number of hydrogen-bond acceptors (Lipinski definition) is 2. The summed E-state index contributed by atoms with van der Waals surface area (Å²) in [5, 5.41) is 0. The molecule has 1 aromatic carbocycles. The molecule has 2 aromatic rings. The molecule has 3 rings (SSSR count). The molecule has 0 unspecified atom stereocenters. The zero-order valence-corrected chi connectivity index (χ0v) is 15.5. The zero-order valence-electron chi connectivity index (χ0n) is 15.5. The third-order valence-corrected chi connectivity index (χ3v) is 4.85. The second kappa shape index (κ2) is 8.17. The summed E-state index contributed by atoms with van der Waals surface area (Å²) in [6, 6.07) is 13.1. The van der Waals surface area contributed by atoms with Crippen molar-refractivity contribution in [3.63, 3.8) is 0 Å². The topological polar surface area (TPSA) is 42.3 Å². The number of rotatable bonds is 4. The van der Waals surface area contributed by atoms with Gasteiger partial charge in [0.15, 0.2) is 0 Å². The fourth-order valence-electron chi connectivity index (χ4n) is 3.25. The molecule has 0 atom stereocenters. The van der Waals surface area contributed by atoms with Gasteiger partial charge in [0.25, 0.3) is 11.5 Å². The number of aromatic nitrogens is 1. The predicted molar refractivity (Wildman–Crippen MR) is 106 cm³/mol. The molecule has 0 aliphatic carbocycles. The molecule has 0 bridgehead atoms. The third kappa shape index (κ3) is 4.13. The molecule has 0 spiro atoms. The highest BCUT2D eigenvalue weighted by Crippen LogP contribution is 2.19. The largest absolute Gasteiger partial charge is 0.337 e. The molecule has 1 aliphatic rings. The summed E-state index contributed by atoms with van der Waals surface area (Å²) >= 11 is 0. The molecule has 0 saturated carbocycles. The molecule has 0 radical (unpaired) electrons. The molecule has 1 amide bonds. The van der Waals surface area contributed by atoms with E-state index in [1.54, 1.807) is 18.3 Å². The third-order valence-electron chi connectivity index (χ3n) is 4.85. The van der Waals surface area contributed by atoms with Crippen LogP contribution in [0.25, 0.3) is 11.8 Å². The highest BCUT2D eigenvalue weighted by molar-refractivity contribution is 6.18. The maximum absolute atomic E-state index is 13.1. The molecule has 0 N–H and O–H groups in total. The second-order valence-corrected chi connectivity index (χ2v) is 7.11. The molecule has 136 valence electrons. The lowest BCUT2D eigenvalue weighted by atomic mass is 10.0. The van der Waals surface area contributed by atoms with E-state index >= 15 is 0 Å². The van der Waals surface area contributed by atoms with Gasteiger partial charge in [0.2, 0.25) is 0 Å². The minimum absolute atomic E-state index is 0.0778. The summed E-state index contributed by atoms with van der Waals surface area (Å²) < 4.78 is 1.45. The maximum atomic E-state index is 13.1. The van der Waals surface area contributed by atoms with Crippen molar-refractivity contribution < 1.29 is 4.79 Å². The first-order chi connectivity index (χ1) is 12.6. The van der Waals surface area contributed by atoms with Gasteiger partial charge in [-0.25, -0.2) is 0 Å². The van der Waals surface area contributed by atoms with Crippen molar-refractivity contribution >= 4 is 17.7 Å². The molecule has 2 heterocycles. The fourth-order valence-corrected chi connectivity index (χ4v) is 3.25. The van der Waals surface area contributed by atoms with Gasteiger partial charge < -0.3 is 4.90 Å². The Balaban J connectivity index is 2.01. The van der Waals surface area contributed by atoms with Gasteiger partial charge >= 0.3 is 0 Å². The van der Waals surface area contributed by atoms with Crippen LogP contribution in [0.3, 0.4) is 0 Å². The van der Waals surface area contributed by atoms with E-state index in [9.17, 15) is 9.59 Å². The Morgan fingerprint density at radius 2 is 1.69 bits per heavy atom. The maximum Gasteiger partial charge on any atom is 0.270 e. The lowest BCUT2D eigenvalue weighted by Gasteiger charge is -2.28. The fraction of sp³-hybridized carbons (Fsp3) is 0.364. The lowest BCUT2D eigenvalue weighted by Crippen LogP contribution is -2.38. The van der Waals surface area contributed by atoms with Crippen molar-refractivity contribution in [1.29, 1.82) is 0 Å². The van der Waals surface area contributed by atoms with Crippen molar-refractivity contribution in [2.45, 2.75) is 39.0 Å². The molecule has 1 saturated heterocycles. The van der Waals surface area contributed by atoms with Gasteiger partial charge in [0.05, 0.1) is 0 Å². The molecule has 4 nitrogen and oxygen atoms in total. The molecule has 1 fully saturated rings. The van der Waals surface area contributed by atoms with Crippen molar-refractivity contribution in [2.75, 3.05) is 13.1 Å². The van der Waals surface area contributed by atoms with Crippen LogP contribution in [-0.2, 0) is 4.79 Å². The van der Waals surface area contributed by atoms with Gasteiger partial charge in [-0.1, -0.05) is 44.2 Å². The first kappa shape index (κ1) is 18.2. The summed E-state index contributed by atoms with van der Waals surface area (Å²) in [6.07, 6.45) is 6.68. The van der Waals surface area contributed by atoms with Gasteiger partial charge in [0.1, 0.15) is 5.70 Å². The Kier molecular flexibility index (Phi) is 5.71. The Bertz CT molecular complexity index is 841. The summed E-state index contributed by atoms with van der Waals surface area (Å²) in [4.78, 5) is 27.3. The minimum atomic E-state index is -0.192. The van der Waals surface area contributed by atoms with Crippen molar-refractivity contribution in [2.24, 2.45) is 0 Å². The first-order valence-corrected chi connectivity index (χ1v) is 9.35. The van der Waals surface area contributed by atoms with Crippen LogP contribution in [0.4, 0.5) is 0 Å². The van der Waals surface area contributed by atoms with E-state index in [0.717, 1.165) is 37.9 Å². The Labute approximate surface area is 154 Å². The molecule has 1 aromatic heterocycles. The number of benzene rings is 1. The highest BCUT2D eigenvalue weighted by Gasteiger charge is 2.22. The predicted octanol–water partition coefficient (Wildman–Crippen LogP) is 3.98. The monoisotopic (exact) mass is 350 g/mol. The summed E-state index contributed by atoms with van der Waals surface area (Å²) in [5.41, 5.74) is 2.39. The van der Waals surface area contributed by atoms with E-state index in [1.165, 1.54) is 16.2 Å². The van der Waals surface area contributed by atoms with Crippen LogP contribution in [0.5, 0.6) is 0 Å². The second-order valence-electron chi connectivity index (χ2n) is 7.11. The molecule has 4 heteroatoms. The van der Waals surface area contributed by atoms with Gasteiger partial charge in [-0.2, -0.15) is 0 Å². The van der Waals surface area contributed by atoms with Crippen LogP contribution in [0, 0.1) is 0 Å². The number of carbonyl (C=O) groups is 1. The molecular formula is C22H26N2O2. The summed E-state index contributed by atoms with van der Waals surface area (Å²) in [7, 11) is 0. The van der Waals surface area contributed by atoms with E-state index in [-0.39, 0.29) is 11.5 Å². The lowest BCUT2D eigenvalue weighted by molar-refractivity contribution is -0.126. The average molecular weight is 350 g/mol. The van der Waals surface area contributed by atoms with Gasteiger partial charge in [-0.05, 0) is 48.4 Å². The van der Waals surface area contributed by atoms with E-state index in [2.05, 4.69) is 26.0 Å². The quantitative estimate of drug-likeness (QED) is 0.783. The number of amides is 1. The molecule has 26 heavy (non-hydrogen) atoms. The van der Waals surface area contributed by atoms with Gasteiger partial charge in [-0.3, -0.25) is 14.2 Å². The molecular weight excluding hydrogens is 324 g/mol. The van der Waals surface area contributed by atoms with Crippen LogP contribution in [-0.4, -0.2) is 28.5 Å². The number of piperidine rings is 1. The van der Waals surface area contributed by atoms with E-state index in [1.807, 2.05) is 23.1 Å². The number of likely N-dealkylation sites (tertiary alicyclic amines) is 1. The standard InChI is InChI=1S/C22H26N2O2/c1-17(2)19-11-9-18(10-12-19)16-20(24-15-7-4-8-21(24)25)22(26)23-13-5-3-6-14-23/h4,7-12,15-17H,3,5-6,13-14H2,1-2H3/b20-16+. The Morgan fingerprint density at radius 3 is 2.31 bits per heavy atom. The Hall–Kier alpha value is -2.62. The van der Waals surface area contributed by atoms with Crippen LogP contribution < -0.4 is 5.56 Å². The van der Waals surface area contributed by atoms with Gasteiger partial charge in [-0.15, -0.1) is 0 Å². The number of hydrogen-bond donors (Lipinski definition) is 0. The van der Waals surface area contributed by atoms with Crippen LogP contribution in [0.1, 0.15) is 50.2 Å². The van der Waals surface area contributed by atoms with Crippen molar-refractivity contribution in [3.05, 3.63) is 70.1 Å². The van der Waals surface area contributed by atoms with E-state index in [4.69, 9.17) is 0 Å². The summed E-state index contributed by atoms with van der Waals surface area (Å²) in [5.74, 6) is 0.380. The van der Waals surface area contributed by atoms with Crippen molar-refractivity contribution in [1.82, 2.24) is 9.47 Å². The highest BCUT2D eigenvalue weighted by atomic mass is 16.2. The van der Waals surface area contributed by atoms with Gasteiger partial charge in [0, 0.05) is 25.4 Å². The van der Waals surface area contributed by atoms with Crippen LogP contribution >= 0.6 is 0 Å². The summed E-state index contributed by atoms with van der Waals surface area (Å²) in [6.45, 7) is 5.81. The molecule has 1 aliphatic heterocycles. The number of carbonyl (C=O) groups excluding carboxylic acids is 1. The van der Waals surface area contributed by atoms with Crippen LogP contribution in [0.2, 0.25) is 0 Å². The number of nitrogens with zero attached hydrogens (tertiary/aromatic N) is 2. The van der Waals surface area contributed by atoms with E-state index < -0.39 is 0 Å². The van der Waals surface area contributed by atoms with Crippen LogP contribution in [0.15, 0.2) is 53.5 Å². The smallest absolute Gasteiger partial charge is 0.270 e. The zero-order chi connectivity index (χ0) is 18.5. The van der Waals surface area contributed by atoms with E-state index in [0.29, 0.717) is 11.6 Å². The average Bonchev–Trinajstić information content (AvgIpc) is 2.67. The normalized spacial score (nSPS) is 15.3. The number of pyridine rings is 1. The Morgan fingerprint density at radius 1 is 1.00 bits per heavy atom. The van der Waals surface area contributed by atoms with Crippen molar-refractivity contribution in [3.8, 4) is 0 Å².